The summed E-state index contributed by atoms with van der Waals surface area (Å²) >= 11 is 0. The van der Waals surface area contributed by atoms with Crippen molar-refractivity contribution in [3.8, 4) is 6.07 Å². The summed E-state index contributed by atoms with van der Waals surface area (Å²) in [5, 5.41) is 20.0. The van der Waals surface area contributed by atoms with Crippen molar-refractivity contribution in [2.45, 2.75) is 70.3 Å². The number of nitrogens with zero attached hydrogens (tertiary/aromatic N) is 1. The van der Waals surface area contributed by atoms with E-state index in [9.17, 15) is 10.4 Å². The van der Waals surface area contributed by atoms with Crippen molar-refractivity contribution in [2.24, 2.45) is 11.3 Å². The van der Waals surface area contributed by atoms with Crippen LogP contribution in [-0.4, -0.2) is 10.7 Å². The van der Waals surface area contributed by atoms with E-state index < -0.39 is 5.60 Å². The Labute approximate surface area is 98.7 Å². The van der Waals surface area contributed by atoms with Crippen LogP contribution < -0.4 is 0 Å². The lowest BCUT2D eigenvalue weighted by Gasteiger charge is -2.51. The Balaban J connectivity index is 1.98. The molecule has 0 bridgehead atoms. The molecule has 2 saturated carbocycles. The molecule has 2 aliphatic carbocycles. The number of aliphatic hydroxyl groups is 1. The second-order valence-electron chi connectivity index (χ2n) is 5.81. The van der Waals surface area contributed by atoms with Crippen LogP contribution >= 0.6 is 0 Å². The van der Waals surface area contributed by atoms with Gasteiger partial charge in [0.2, 0.25) is 0 Å². The predicted molar refractivity (Wildman–Crippen MR) is 63.7 cm³/mol. The highest BCUT2D eigenvalue weighted by Gasteiger charge is 2.55. The molecule has 0 saturated heterocycles. The molecule has 2 aliphatic rings. The molecule has 0 aromatic carbocycles. The standard InChI is InChI=1S/C14H23NO/c1-2-4-12-5-9-14(16,10-6-12)13(11-15)7-3-8-13/h12,16H,2-10H2,1H3. The quantitative estimate of drug-likeness (QED) is 0.793. The molecule has 0 atom stereocenters. The van der Waals surface area contributed by atoms with Gasteiger partial charge in [-0.05, 0) is 44.4 Å². The van der Waals surface area contributed by atoms with E-state index in [4.69, 9.17) is 0 Å². The van der Waals surface area contributed by atoms with Crippen LogP contribution in [0.5, 0.6) is 0 Å². The molecule has 0 aromatic rings. The molecule has 0 aliphatic heterocycles. The van der Waals surface area contributed by atoms with Crippen molar-refractivity contribution in [3.63, 3.8) is 0 Å². The minimum absolute atomic E-state index is 0.385. The summed E-state index contributed by atoms with van der Waals surface area (Å²) in [5.41, 5.74) is -1.05. The fraction of sp³-hybridized carbons (Fsp3) is 0.929. The van der Waals surface area contributed by atoms with Crippen LogP contribution in [0.2, 0.25) is 0 Å². The van der Waals surface area contributed by atoms with Gasteiger partial charge in [-0.1, -0.05) is 26.2 Å². The highest BCUT2D eigenvalue weighted by atomic mass is 16.3. The third kappa shape index (κ3) is 1.76. The normalized spacial score (nSPS) is 37.4. The van der Waals surface area contributed by atoms with Crippen LogP contribution in [-0.2, 0) is 0 Å². The van der Waals surface area contributed by atoms with E-state index in [1.165, 1.54) is 12.8 Å². The van der Waals surface area contributed by atoms with Crippen molar-refractivity contribution in [1.29, 1.82) is 5.26 Å². The Hall–Kier alpha value is -0.550. The molecule has 2 heteroatoms. The van der Waals surface area contributed by atoms with Crippen LogP contribution in [0, 0.1) is 22.7 Å². The Morgan fingerprint density at radius 3 is 2.25 bits per heavy atom. The average molecular weight is 221 g/mol. The summed E-state index contributed by atoms with van der Waals surface area (Å²) in [7, 11) is 0. The molecular weight excluding hydrogens is 198 g/mol. The van der Waals surface area contributed by atoms with Crippen molar-refractivity contribution >= 4 is 0 Å². The first kappa shape index (κ1) is 11.9. The van der Waals surface area contributed by atoms with Crippen LogP contribution in [0.1, 0.15) is 64.7 Å². The molecule has 2 fully saturated rings. The fourth-order valence-electron chi connectivity index (χ4n) is 3.54. The predicted octanol–water partition coefficient (Wildman–Crippen LogP) is 3.40. The topological polar surface area (TPSA) is 44.0 Å². The van der Waals surface area contributed by atoms with Gasteiger partial charge in [-0.2, -0.15) is 5.26 Å². The van der Waals surface area contributed by atoms with Crippen molar-refractivity contribution in [1.82, 2.24) is 0 Å². The van der Waals surface area contributed by atoms with E-state index in [1.807, 2.05) is 0 Å². The number of nitriles is 1. The second kappa shape index (κ2) is 4.37. The fourth-order valence-corrected chi connectivity index (χ4v) is 3.54. The number of hydrogen-bond donors (Lipinski definition) is 1. The van der Waals surface area contributed by atoms with Crippen LogP contribution in [0.15, 0.2) is 0 Å². The van der Waals surface area contributed by atoms with E-state index in [0.717, 1.165) is 50.9 Å². The SMILES string of the molecule is CCCC1CCC(O)(C2(C#N)CCC2)CC1. The van der Waals surface area contributed by atoms with Crippen molar-refractivity contribution < 1.29 is 5.11 Å². The van der Waals surface area contributed by atoms with Crippen molar-refractivity contribution in [3.05, 3.63) is 0 Å². The van der Waals surface area contributed by atoms with E-state index >= 15 is 0 Å². The minimum atomic E-state index is -0.662. The van der Waals surface area contributed by atoms with Gasteiger partial charge in [0, 0.05) is 0 Å². The molecule has 0 spiro atoms. The Morgan fingerprint density at radius 2 is 1.88 bits per heavy atom. The maximum atomic E-state index is 10.7. The first-order valence-electron chi connectivity index (χ1n) is 6.79. The highest BCUT2D eigenvalue weighted by molar-refractivity contribution is 5.16. The molecule has 0 aromatic heterocycles. The number of hydrogen-bond acceptors (Lipinski definition) is 2. The lowest BCUT2D eigenvalue weighted by Crippen LogP contribution is -2.53. The summed E-state index contributed by atoms with van der Waals surface area (Å²) < 4.78 is 0. The summed E-state index contributed by atoms with van der Waals surface area (Å²) in [6.45, 7) is 2.23. The average Bonchev–Trinajstić information content (AvgIpc) is 2.21. The molecule has 0 amide bonds. The van der Waals surface area contributed by atoms with Gasteiger partial charge in [0.1, 0.15) is 0 Å². The third-order valence-corrected chi connectivity index (χ3v) is 4.94. The van der Waals surface area contributed by atoms with E-state index in [2.05, 4.69) is 13.0 Å². The van der Waals surface area contributed by atoms with Gasteiger partial charge < -0.3 is 5.11 Å². The lowest BCUT2D eigenvalue weighted by molar-refractivity contribution is -0.123. The van der Waals surface area contributed by atoms with Gasteiger partial charge in [-0.3, -0.25) is 0 Å². The molecule has 0 heterocycles. The lowest BCUT2D eigenvalue weighted by atomic mass is 9.55. The maximum absolute atomic E-state index is 10.7. The van der Waals surface area contributed by atoms with E-state index in [0.29, 0.717) is 0 Å². The van der Waals surface area contributed by atoms with Crippen LogP contribution in [0.25, 0.3) is 0 Å². The molecule has 2 nitrogen and oxygen atoms in total. The van der Waals surface area contributed by atoms with Gasteiger partial charge in [-0.15, -0.1) is 0 Å². The van der Waals surface area contributed by atoms with Crippen LogP contribution in [0.4, 0.5) is 0 Å². The zero-order chi connectivity index (χ0) is 11.6. The molecule has 0 radical (unpaired) electrons. The first-order valence-corrected chi connectivity index (χ1v) is 6.79. The zero-order valence-electron chi connectivity index (χ0n) is 10.3. The molecule has 16 heavy (non-hydrogen) atoms. The Morgan fingerprint density at radius 1 is 1.25 bits per heavy atom. The van der Waals surface area contributed by atoms with Gasteiger partial charge in [0.05, 0.1) is 17.1 Å². The first-order chi connectivity index (χ1) is 7.66. The summed E-state index contributed by atoms with van der Waals surface area (Å²) in [6.07, 6.45) is 9.42. The van der Waals surface area contributed by atoms with E-state index in [1.54, 1.807) is 0 Å². The second-order valence-corrected chi connectivity index (χ2v) is 5.81. The smallest absolute Gasteiger partial charge is 0.0860 e. The van der Waals surface area contributed by atoms with Gasteiger partial charge in [-0.25, -0.2) is 0 Å². The van der Waals surface area contributed by atoms with Gasteiger partial charge in [0.25, 0.3) is 0 Å². The number of rotatable bonds is 3. The summed E-state index contributed by atoms with van der Waals surface area (Å²) in [5.74, 6) is 0.793. The van der Waals surface area contributed by atoms with Gasteiger partial charge in [0.15, 0.2) is 0 Å². The largest absolute Gasteiger partial charge is 0.388 e. The molecule has 1 N–H and O–H groups in total. The van der Waals surface area contributed by atoms with Gasteiger partial charge >= 0.3 is 0 Å². The van der Waals surface area contributed by atoms with Crippen LogP contribution in [0.3, 0.4) is 0 Å². The Bertz CT molecular complexity index is 280. The Kier molecular flexibility index (Phi) is 3.26. The van der Waals surface area contributed by atoms with Crippen molar-refractivity contribution in [2.75, 3.05) is 0 Å². The third-order valence-electron chi connectivity index (χ3n) is 4.94. The molecule has 0 unspecified atom stereocenters. The highest BCUT2D eigenvalue weighted by Crippen LogP contribution is 2.55. The monoisotopic (exact) mass is 221 g/mol. The zero-order valence-corrected chi connectivity index (χ0v) is 10.3. The molecular formula is C14H23NO. The molecule has 90 valence electrons. The molecule has 2 rings (SSSR count). The summed E-state index contributed by atoms with van der Waals surface area (Å²) in [4.78, 5) is 0. The minimum Gasteiger partial charge on any atom is -0.388 e. The maximum Gasteiger partial charge on any atom is 0.0860 e. The summed E-state index contributed by atoms with van der Waals surface area (Å²) in [6, 6.07) is 2.42. The van der Waals surface area contributed by atoms with E-state index in [-0.39, 0.29) is 5.41 Å².